The molecule has 1 aromatic carbocycles. The van der Waals surface area contributed by atoms with Crippen molar-refractivity contribution in [3.63, 3.8) is 0 Å². The summed E-state index contributed by atoms with van der Waals surface area (Å²) in [5.41, 5.74) is 2.20. The molecule has 0 radical (unpaired) electrons. The van der Waals surface area contributed by atoms with Gasteiger partial charge < -0.3 is 15.5 Å². The molecule has 0 fully saturated rings. The minimum absolute atomic E-state index is 0.213. The number of carbonyl (C=O) groups is 2. The molecular formula is C16H18N4O2. The molecule has 6 nitrogen and oxygen atoms in total. The van der Waals surface area contributed by atoms with Crippen LogP contribution in [-0.2, 0) is 16.1 Å². The van der Waals surface area contributed by atoms with E-state index in [4.69, 9.17) is 0 Å². The van der Waals surface area contributed by atoms with Gasteiger partial charge in [0.1, 0.15) is 0 Å². The highest BCUT2D eigenvalue weighted by Crippen LogP contribution is 2.17. The first kappa shape index (κ1) is 15.5. The number of hydrogen-bond donors (Lipinski definition) is 2. The van der Waals surface area contributed by atoms with Crippen LogP contribution in [0.25, 0.3) is 0 Å². The van der Waals surface area contributed by atoms with Crippen LogP contribution in [0.2, 0.25) is 0 Å². The van der Waals surface area contributed by atoms with Crippen molar-refractivity contribution in [2.24, 2.45) is 0 Å². The van der Waals surface area contributed by atoms with Crippen LogP contribution >= 0.6 is 0 Å². The van der Waals surface area contributed by atoms with Crippen molar-refractivity contribution in [2.45, 2.75) is 6.54 Å². The Morgan fingerprint density at radius 3 is 2.59 bits per heavy atom. The van der Waals surface area contributed by atoms with Gasteiger partial charge in [0.05, 0.1) is 12.2 Å². The molecule has 2 aromatic rings. The fourth-order valence-corrected chi connectivity index (χ4v) is 1.80. The molecular weight excluding hydrogens is 280 g/mol. The first-order valence-electron chi connectivity index (χ1n) is 6.83. The molecule has 2 N–H and O–H groups in total. The van der Waals surface area contributed by atoms with Gasteiger partial charge in [-0.15, -0.1) is 0 Å². The molecule has 114 valence electrons. The minimum atomic E-state index is -0.702. The van der Waals surface area contributed by atoms with Gasteiger partial charge in [0.15, 0.2) is 0 Å². The minimum Gasteiger partial charge on any atom is -0.378 e. The van der Waals surface area contributed by atoms with Gasteiger partial charge in [-0.3, -0.25) is 14.6 Å². The Balaban J connectivity index is 1.91. The molecule has 0 aliphatic rings. The summed E-state index contributed by atoms with van der Waals surface area (Å²) in [7, 11) is 3.81. The van der Waals surface area contributed by atoms with Crippen molar-refractivity contribution in [1.82, 2.24) is 10.3 Å². The van der Waals surface area contributed by atoms with E-state index < -0.39 is 11.8 Å². The van der Waals surface area contributed by atoms with E-state index in [2.05, 4.69) is 15.6 Å². The molecule has 0 saturated carbocycles. The maximum absolute atomic E-state index is 11.9. The molecule has 0 bridgehead atoms. The van der Waals surface area contributed by atoms with E-state index in [1.54, 1.807) is 30.5 Å². The molecule has 0 aliphatic carbocycles. The average Bonchev–Trinajstić information content (AvgIpc) is 2.53. The molecule has 22 heavy (non-hydrogen) atoms. The molecule has 0 unspecified atom stereocenters. The number of nitrogens with one attached hydrogen (secondary N) is 2. The zero-order valence-electron chi connectivity index (χ0n) is 12.5. The monoisotopic (exact) mass is 298 g/mol. The summed E-state index contributed by atoms with van der Waals surface area (Å²) in [4.78, 5) is 29.6. The third-order valence-corrected chi connectivity index (χ3v) is 2.98. The summed E-state index contributed by atoms with van der Waals surface area (Å²) in [6, 6.07) is 12.6. The summed E-state index contributed by atoms with van der Waals surface area (Å²) in [6.45, 7) is 0.213. The molecule has 0 saturated heterocycles. The fourth-order valence-electron chi connectivity index (χ4n) is 1.80. The zero-order chi connectivity index (χ0) is 15.9. The molecule has 0 spiro atoms. The van der Waals surface area contributed by atoms with Crippen LogP contribution in [-0.4, -0.2) is 30.9 Å². The third-order valence-electron chi connectivity index (χ3n) is 2.98. The maximum atomic E-state index is 11.9. The molecule has 0 aliphatic heterocycles. The Morgan fingerprint density at radius 1 is 1.09 bits per heavy atom. The zero-order valence-corrected chi connectivity index (χ0v) is 12.5. The van der Waals surface area contributed by atoms with Crippen LogP contribution in [0.4, 0.5) is 11.4 Å². The van der Waals surface area contributed by atoms with Crippen LogP contribution in [0.15, 0.2) is 48.7 Å². The van der Waals surface area contributed by atoms with Gasteiger partial charge in [-0.2, -0.15) is 0 Å². The lowest BCUT2D eigenvalue weighted by Gasteiger charge is -2.13. The second-order valence-corrected chi connectivity index (χ2v) is 4.90. The highest BCUT2D eigenvalue weighted by Gasteiger charge is 2.13. The molecule has 1 heterocycles. The lowest BCUT2D eigenvalue weighted by atomic mass is 10.2. The van der Waals surface area contributed by atoms with Crippen molar-refractivity contribution >= 4 is 23.2 Å². The third kappa shape index (κ3) is 4.31. The molecule has 6 heteroatoms. The van der Waals surface area contributed by atoms with Crippen molar-refractivity contribution in [3.8, 4) is 0 Å². The van der Waals surface area contributed by atoms with Gasteiger partial charge >= 0.3 is 11.8 Å². The Bertz CT molecular complexity index is 656. The topological polar surface area (TPSA) is 74.3 Å². The Labute approximate surface area is 129 Å². The Kier molecular flexibility index (Phi) is 5.08. The SMILES string of the molecule is CN(C)c1cccc(NC(=O)C(=O)NCc2ccccn2)c1. The van der Waals surface area contributed by atoms with E-state index in [0.717, 1.165) is 5.69 Å². The van der Waals surface area contributed by atoms with E-state index in [-0.39, 0.29) is 6.54 Å². The number of rotatable bonds is 4. The normalized spacial score (nSPS) is 9.91. The van der Waals surface area contributed by atoms with E-state index in [0.29, 0.717) is 11.4 Å². The van der Waals surface area contributed by atoms with E-state index >= 15 is 0 Å². The van der Waals surface area contributed by atoms with Crippen molar-refractivity contribution in [1.29, 1.82) is 0 Å². The first-order chi connectivity index (χ1) is 10.6. The largest absolute Gasteiger partial charge is 0.378 e. The Morgan fingerprint density at radius 2 is 1.91 bits per heavy atom. The van der Waals surface area contributed by atoms with Gasteiger partial charge in [-0.1, -0.05) is 12.1 Å². The van der Waals surface area contributed by atoms with Crippen LogP contribution in [0.3, 0.4) is 0 Å². The predicted octanol–water partition coefficient (Wildman–Crippen LogP) is 1.40. The predicted molar refractivity (Wildman–Crippen MR) is 85.5 cm³/mol. The lowest BCUT2D eigenvalue weighted by Crippen LogP contribution is -2.35. The molecule has 2 rings (SSSR count). The van der Waals surface area contributed by atoms with Crippen LogP contribution in [0.5, 0.6) is 0 Å². The summed E-state index contributed by atoms with van der Waals surface area (Å²) in [5.74, 6) is -1.40. The highest BCUT2D eigenvalue weighted by molar-refractivity contribution is 6.39. The average molecular weight is 298 g/mol. The molecule has 0 atom stereocenters. The quantitative estimate of drug-likeness (QED) is 0.837. The van der Waals surface area contributed by atoms with Crippen molar-refractivity contribution in [2.75, 3.05) is 24.3 Å². The van der Waals surface area contributed by atoms with Crippen LogP contribution in [0.1, 0.15) is 5.69 Å². The number of amides is 2. The van der Waals surface area contributed by atoms with Gasteiger partial charge in [0.2, 0.25) is 0 Å². The van der Waals surface area contributed by atoms with E-state index in [1.807, 2.05) is 37.2 Å². The number of nitrogens with zero attached hydrogens (tertiary/aromatic N) is 2. The number of hydrogen-bond acceptors (Lipinski definition) is 4. The van der Waals surface area contributed by atoms with Gasteiger partial charge in [-0.05, 0) is 30.3 Å². The Hall–Kier alpha value is -2.89. The smallest absolute Gasteiger partial charge is 0.313 e. The highest BCUT2D eigenvalue weighted by atomic mass is 16.2. The second kappa shape index (κ2) is 7.21. The summed E-state index contributed by atoms with van der Waals surface area (Å²) < 4.78 is 0. The van der Waals surface area contributed by atoms with E-state index in [1.165, 1.54) is 0 Å². The van der Waals surface area contributed by atoms with Crippen LogP contribution < -0.4 is 15.5 Å². The number of benzene rings is 1. The first-order valence-corrected chi connectivity index (χ1v) is 6.83. The number of aromatic nitrogens is 1. The van der Waals surface area contributed by atoms with Gasteiger partial charge in [0, 0.05) is 31.7 Å². The summed E-state index contributed by atoms with van der Waals surface area (Å²) in [6.07, 6.45) is 1.63. The lowest BCUT2D eigenvalue weighted by molar-refractivity contribution is -0.136. The standard InChI is InChI=1S/C16H18N4O2/c1-20(2)14-8-5-7-12(10-14)19-16(22)15(21)18-11-13-6-3-4-9-17-13/h3-10H,11H2,1-2H3,(H,18,21)(H,19,22). The van der Waals surface area contributed by atoms with Crippen molar-refractivity contribution < 1.29 is 9.59 Å². The number of anilines is 2. The summed E-state index contributed by atoms with van der Waals surface area (Å²) >= 11 is 0. The number of pyridine rings is 1. The fraction of sp³-hybridized carbons (Fsp3) is 0.188. The second-order valence-electron chi connectivity index (χ2n) is 4.90. The van der Waals surface area contributed by atoms with Crippen LogP contribution in [0, 0.1) is 0 Å². The maximum Gasteiger partial charge on any atom is 0.313 e. The van der Waals surface area contributed by atoms with Gasteiger partial charge in [-0.25, -0.2) is 0 Å². The molecule has 1 aromatic heterocycles. The molecule has 2 amide bonds. The van der Waals surface area contributed by atoms with Crippen molar-refractivity contribution in [3.05, 3.63) is 54.4 Å². The summed E-state index contributed by atoms with van der Waals surface area (Å²) in [5, 5.41) is 5.11. The van der Waals surface area contributed by atoms with Gasteiger partial charge in [0.25, 0.3) is 0 Å². The number of carbonyl (C=O) groups excluding carboxylic acids is 2. The van der Waals surface area contributed by atoms with E-state index in [9.17, 15) is 9.59 Å².